The molecule has 0 saturated heterocycles. The molecule has 1 rings (SSSR count). The fourth-order valence-electron chi connectivity index (χ4n) is 1.28. The number of carbonyl (C=O) groups is 1. The molecule has 0 aliphatic rings. The quantitative estimate of drug-likeness (QED) is 0.708. The van der Waals surface area contributed by atoms with Crippen molar-refractivity contribution < 1.29 is 24.5 Å². The summed E-state index contributed by atoms with van der Waals surface area (Å²) in [5, 5.41) is 19.3. The van der Waals surface area contributed by atoms with Crippen molar-refractivity contribution in [1.82, 2.24) is 4.98 Å². The first-order chi connectivity index (χ1) is 8.08. The summed E-state index contributed by atoms with van der Waals surface area (Å²) in [5.41, 5.74) is 0.405. The number of aliphatic hydroxyl groups is 2. The van der Waals surface area contributed by atoms with E-state index in [0.717, 1.165) is 0 Å². The van der Waals surface area contributed by atoms with Crippen LogP contribution in [0.25, 0.3) is 0 Å². The van der Waals surface area contributed by atoms with Gasteiger partial charge in [0.1, 0.15) is 6.10 Å². The van der Waals surface area contributed by atoms with E-state index in [1.54, 1.807) is 12.1 Å². The zero-order valence-corrected chi connectivity index (χ0v) is 9.66. The van der Waals surface area contributed by atoms with E-state index in [0.29, 0.717) is 11.4 Å². The smallest absolute Gasteiger partial charge is 0.308 e. The van der Waals surface area contributed by atoms with E-state index in [1.165, 1.54) is 20.4 Å². The van der Waals surface area contributed by atoms with E-state index in [-0.39, 0.29) is 6.42 Å². The van der Waals surface area contributed by atoms with Crippen molar-refractivity contribution >= 4 is 5.97 Å². The largest absolute Gasteiger partial charge is 0.481 e. The van der Waals surface area contributed by atoms with Crippen molar-refractivity contribution in [1.29, 1.82) is 0 Å². The van der Waals surface area contributed by atoms with Crippen LogP contribution >= 0.6 is 0 Å². The molecule has 0 aliphatic heterocycles. The van der Waals surface area contributed by atoms with Crippen molar-refractivity contribution in [3.8, 4) is 5.88 Å². The molecule has 0 amide bonds. The number of methoxy groups -OCH3 is 2. The molecule has 1 heterocycles. The summed E-state index contributed by atoms with van der Waals surface area (Å²) in [4.78, 5) is 14.8. The van der Waals surface area contributed by atoms with Crippen LogP contribution in [0.5, 0.6) is 5.88 Å². The van der Waals surface area contributed by atoms with E-state index in [2.05, 4.69) is 9.72 Å². The average Bonchev–Trinajstić information content (AvgIpc) is 2.37. The molecule has 0 spiro atoms. The van der Waals surface area contributed by atoms with Crippen LogP contribution in [-0.2, 0) is 9.53 Å². The second-order valence-electron chi connectivity index (χ2n) is 3.43. The lowest BCUT2D eigenvalue weighted by Crippen LogP contribution is -2.22. The second-order valence-corrected chi connectivity index (χ2v) is 3.43. The first-order valence-corrected chi connectivity index (χ1v) is 5.01. The fraction of sp³-hybridized carbons (Fsp3) is 0.455. The normalized spacial score (nSPS) is 13.9. The van der Waals surface area contributed by atoms with Crippen molar-refractivity contribution in [2.45, 2.75) is 18.6 Å². The van der Waals surface area contributed by atoms with Gasteiger partial charge in [-0.3, -0.25) is 4.79 Å². The maximum absolute atomic E-state index is 10.9. The maximum atomic E-state index is 10.9. The van der Waals surface area contributed by atoms with Crippen LogP contribution in [0.2, 0.25) is 0 Å². The summed E-state index contributed by atoms with van der Waals surface area (Å²) in [6.45, 7) is 0. The predicted molar refractivity (Wildman–Crippen MR) is 58.4 cm³/mol. The van der Waals surface area contributed by atoms with Crippen LogP contribution in [0.3, 0.4) is 0 Å². The number of carbonyl (C=O) groups excluding carboxylic acids is 1. The first kappa shape index (κ1) is 13.4. The number of hydrogen-bond donors (Lipinski definition) is 2. The molecular formula is C11H15NO5. The highest BCUT2D eigenvalue weighted by atomic mass is 16.5. The molecule has 2 atom stereocenters. The third-order valence-corrected chi connectivity index (χ3v) is 2.28. The molecule has 0 aromatic carbocycles. The molecule has 0 radical (unpaired) electrons. The summed E-state index contributed by atoms with van der Waals surface area (Å²) in [6, 6.07) is 3.13. The van der Waals surface area contributed by atoms with Crippen molar-refractivity contribution in [3.05, 3.63) is 23.9 Å². The monoisotopic (exact) mass is 241 g/mol. The van der Waals surface area contributed by atoms with E-state index in [1.807, 2.05) is 0 Å². The van der Waals surface area contributed by atoms with Crippen LogP contribution < -0.4 is 4.74 Å². The van der Waals surface area contributed by atoms with E-state index < -0.39 is 18.2 Å². The topological polar surface area (TPSA) is 88.9 Å². The van der Waals surface area contributed by atoms with Gasteiger partial charge in [-0.05, 0) is 6.07 Å². The molecular weight excluding hydrogens is 226 g/mol. The molecule has 1 aromatic rings. The Kier molecular flexibility index (Phi) is 4.86. The number of aromatic nitrogens is 1. The van der Waals surface area contributed by atoms with Gasteiger partial charge in [0.15, 0.2) is 0 Å². The SMILES string of the molecule is COC(=O)CC(O)C(O)c1ccc(OC)nc1. The Bertz CT molecular complexity index is 365. The number of hydrogen-bond acceptors (Lipinski definition) is 6. The minimum Gasteiger partial charge on any atom is -0.481 e. The molecule has 0 saturated carbocycles. The number of rotatable bonds is 5. The lowest BCUT2D eigenvalue weighted by atomic mass is 10.0. The fourth-order valence-corrected chi connectivity index (χ4v) is 1.28. The molecule has 6 heteroatoms. The Morgan fingerprint density at radius 3 is 2.59 bits per heavy atom. The standard InChI is InChI=1S/C11H15NO5/c1-16-9-4-3-7(6-12-9)11(15)8(13)5-10(14)17-2/h3-4,6,8,11,13,15H,5H2,1-2H3. The molecule has 17 heavy (non-hydrogen) atoms. The summed E-state index contributed by atoms with van der Waals surface area (Å²) >= 11 is 0. The maximum Gasteiger partial charge on any atom is 0.308 e. The Hall–Kier alpha value is -1.66. The van der Waals surface area contributed by atoms with Gasteiger partial charge in [0.25, 0.3) is 0 Å². The van der Waals surface area contributed by atoms with E-state index in [9.17, 15) is 15.0 Å². The first-order valence-electron chi connectivity index (χ1n) is 5.01. The van der Waals surface area contributed by atoms with Gasteiger partial charge in [0.05, 0.1) is 26.7 Å². The summed E-state index contributed by atoms with van der Waals surface area (Å²) in [7, 11) is 2.70. The van der Waals surface area contributed by atoms with Crippen LogP contribution in [0.15, 0.2) is 18.3 Å². The molecule has 1 aromatic heterocycles. The van der Waals surface area contributed by atoms with Gasteiger partial charge in [-0.2, -0.15) is 0 Å². The van der Waals surface area contributed by atoms with Gasteiger partial charge in [0.2, 0.25) is 5.88 Å². The molecule has 0 aliphatic carbocycles. The number of ether oxygens (including phenoxy) is 2. The van der Waals surface area contributed by atoms with Gasteiger partial charge in [0, 0.05) is 17.8 Å². The third kappa shape index (κ3) is 3.69. The van der Waals surface area contributed by atoms with Crippen LogP contribution in [0, 0.1) is 0 Å². The number of nitrogens with zero attached hydrogens (tertiary/aromatic N) is 1. The molecule has 2 N–H and O–H groups in total. The Morgan fingerprint density at radius 2 is 2.12 bits per heavy atom. The average molecular weight is 241 g/mol. The minimum atomic E-state index is -1.22. The zero-order valence-electron chi connectivity index (χ0n) is 9.66. The molecule has 0 bridgehead atoms. The highest BCUT2D eigenvalue weighted by Gasteiger charge is 2.22. The summed E-state index contributed by atoms with van der Waals surface area (Å²) in [5.74, 6) is -0.179. The van der Waals surface area contributed by atoms with Crippen molar-refractivity contribution in [2.24, 2.45) is 0 Å². The van der Waals surface area contributed by atoms with Gasteiger partial charge in [-0.15, -0.1) is 0 Å². The number of esters is 1. The van der Waals surface area contributed by atoms with Crippen molar-refractivity contribution in [3.63, 3.8) is 0 Å². The van der Waals surface area contributed by atoms with Gasteiger partial charge < -0.3 is 19.7 Å². The van der Waals surface area contributed by atoms with Crippen LogP contribution in [-0.4, -0.2) is 41.5 Å². The molecule has 94 valence electrons. The van der Waals surface area contributed by atoms with Crippen LogP contribution in [0.1, 0.15) is 18.1 Å². The molecule has 6 nitrogen and oxygen atoms in total. The summed E-state index contributed by atoms with van der Waals surface area (Å²) < 4.78 is 9.26. The lowest BCUT2D eigenvalue weighted by molar-refractivity contribution is -0.144. The molecule has 0 fully saturated rings. The zero-order chi connectivity index (χ0) is 12.8. The second kappa shape index (κ2) is 6.17. The number of pyridine rings is 1. The van der Waals surface area contributed by atoms with Crippen molar-refractivity contribution in [2.75, 3.05) is 14.2 Å². The van der Waals surface area contributed by atoms with E-state index >= 15 is 0 Å². The van der Waals surface area contributed by atoms with Gasteiger partial charge >= 0.3 is 5.97 Å². The summed E-state index contributed by atoms with van der Waals surface area (Å²) in [6.07, 6.45) is -1.31. The highest BCUT2D eigenvalue weighted by Crippen LogP contribution is 2.20. The minimum absolute atomic E-state index is 0.274. The van der Waals surface area contributed by atoms with Gasteiger partial charge in [-0.1, -0.05) is 0 Å². The molecule has 2 unspecified atom stereocenters. The van der Waals surface area contributed by atoms with E-state index in [4.69, 9.17) is 4.74 Å². The number of aliphatic hydroxyl groups excluding tert-OH is 2. The Labute approximate surface area is 98.8 Å². The van der Waals surface area contributed by atoms with Crippen LogP contribution in [0.4, 0.5) is 0 Å². The third-order valence-electron chi connectivity index (χ3n) is 2.28. The Morgan fingerprint density at radius 1 is 1.41 bits per heavy atom. The highest BCUT2D eigenvalue weighted by molar-refractivity contribution is 5.69. The lowest BCUT2D eigenvalue weighted by Gasteiger charge is -2.16. The predicted octanol–water partition coefficient (Wildman–Crippen LogP) is 0.0476. The Balaban J connectivity index is 2.67. The van der Waals surface area contributed by atoms with Gasteiger partial charge in [-0.25, -0.2) is 4.98 Å².